The van der Waals surface area contributed by atoms with Crippen molar-refractivity contribution >= 4 is 11.6 Å². The molecule has 1 fully saturated rings. The third kappa shape index (κ3) is 2.04. The summed E-state index contributed by atoms with van der Waals surface area (Å²) in [5, 5.41) is 0. The second kappa shape index (κ2) is 4.12. The van der Waals surface area contributed by atoms with E-state index in [9.17, 15) is 0 Å². The van der Waals surface area contributed by atoms with Gasteiger partial charge in [0.1, 0.15) is 0 Å². The van der Waals surface area contributed by atoms with Gasteiger partial charge in [-0.05, 0) is 17.5 Å². The molecular formula is C11H13ClO. The van der Waals surface area contributed by atoms with E-state index in [1.807, 2.05) is 0 Å². The molecule has 0 amide bonds. The molecule has 1 nitrogen and oxygen atoms in total. The first-order valence-corrected chi connectivity index (χ1v) is 5.16. The van der Waals surface area contributed by atoms with Gasteiger partial charge >= 0.3 is 0 Å². The molecule has 0 radical (unpaired) electrons. The summed E-state index contributed by atoms with van der Waals surface area (Å²) in [6.07, 6.45) is 1.14. The Morgan fingerprint density at radius 1 is 1.46 bits per heavy atom. The van der Waals surface area contributed by atoms with Crippen molar-refractivity contribution in [2.45, 2.75) is 18.2 Å². The first-order chi connectivity index (χ1) is 6.40. The summed E-state index contributed by atoms with van der Waals surface area (Å²) >= 11 is 5.77. The van der Waals surface area contributed by atoms with Crippen LogP contribution in [-0.4, -0.2) is 13.2 Å². The van der Waals surface area contributed by atoms with Crippen LogP contribution in [0.3, 0.4) is 0 Å². The van der Waals surface area contributed by atoms with E-state index in [2.05, 4.69) is 24.3 Å². The molecule has 1 aromatic carbocycles. The fourth-order valence-electron chi connectivity index (χ4n) is 1.73. The fourth-order valence-corrected chi connectivity index (χ4v) is 1.89. The van der Waals surface area contributed by atoms with Crippen LogP contribution in [-0.2, 0) is 10.6 Å². The SMILES string of the molecule is ClCc1cccc(C2CCOC2)c1. The molecule has 0 N–H and O–H groups in total. The van der Waals surface area contributed by atoms with Crippen LogP contribution in [0, 0.1) is 0 Å². The van der Waals surface area contributed by atoms with Crippen molar-refractivity contribution in [3.05, 3.63) is 35.4 Å². The number of hydrogen-bond donors (Lipinski definition) is 0. The van der Waals surface area contributed by atoms with Crippen molar-refractivity contribution in [2.75, 3.05) is 13.2 Å². The highest BCUT2D eigenvalue weighted by atomic mass is 35.5. The molecule has 0 saturated carbocycles. The van der Waals surface area contributed by atoms with Gasteiger partial charge in [-0.15, -0.1) is 11.6 Å². The Morgan fingerprint density at radius 3 is 3.08 bits per heavy atom. The smallest absolute Gasteiger partial charge is 0.0535 e. The number of benzene rings is 1. The molecule has 1 unspecified atom stereocenters. The molecule has 1 aliphatic rings. The highest BCUT2D eigenvalue weighted by molar-refractivity contribution is 6.17. The average molecular weight is 197 g/mol. The Bertz CT molecular complexity index is 279. The maximum Gasteiger partial charge on any atom is 0.0535 e. The molecule has 1 saturated heterocycles. The van der Waals surface area contributed by atoms with E-state index in [4.69, 9.17) is 16.3 Å². The van der Waals surface area contributed by atoms with Gasteiger partial charge in [-0.25, -0.2) is 0 Å². The molecule has 0 aliphatic carbocycles. The molecule has 0 aromatic heterocycles. The summed E-state index contributed by atoms with van der Waals surface area (Å²) in [5.41, 5.74) is 2.57. The van der Waals surface area contributed by atoms with Gasteiger partial charge in [0.25, 0.3) is 0 Å². The van der Waals surface area contributed by atoms with Crippen LogP contribution in [0.15, 0.2) is 24.3 Å². The Balaban J connectivity index is 2.18. The van der Waals surface area contributed by atoms with Crippen molar-refractivity contribution in [1.29, 1.82) is 0 Å². The molecule has 1 atom stereocenters. The second-order valence-corrected chi connectivity index (χ2v) is 3.71. The Labute approximate surface area is 83.7 Å². The van der Waals surface area contributed by atoms with Crippen molar-refractivity contribution in [3.63, 3.8) is 0 Å². The van der Waals surface area contributed by atoms with Crippen LogP contribution in [0.5, 0.6) is 0 Å². The van der Waals surface area contributed by atoms with Crippen LogP contribution in [0.4, 0.5) is 0 Å². The van der Waals surface area contributed by atoms with Gasteiger partial charge in [-0.3, -0.25) is 0 Å². The third-order valence-electron chi connectivity index (χ3n) is 2.51. The van der Waals surface area contributed by atoms with Gasteiger partial charge in [0, 0.05) is 18.4 Å². The predicted molar refractivity (Wildman–Crippen MR) is 54.2 cm³/mol. The summed E-state index contributed by atoms with van der Waals surface area (Å²) in [4.78, 5) is 0. The minimum Gasteiger partial charge on any atom is -0.381 e. The highest BCUT2D eigenvalue weighted by Gasteiger charge is 2.17. The maximum absolute atomic E-state index is 5.77. The Kier molecular flexibility index (Phi) is 2.87. The summed E-state index contributed by atoms with van der Waals surface area (Å²) in [7, 11) is 0. The van der Waals surface area contributed by atoms with Crippen molar-refractivity contribution in [1.82, 2.24) is 0 Å². The van der Waals surface area contributed by atoms with Gasteiger partial charge < -0.3 is 4.74 Å². The largest absolute Gasteiger partial charge is 0.381 e. The topological polar surface area (TPSA) is 9.23 Å². The lowest BCUT2D eigenvalue weighted by Gasteiger charge is -2.08. The monoisotopic (exact) mass is 196 g/mol. The summed E-state index contributed by atoms with van der Waals surface area (Å²) in [6, 6.07) is 8.49. The second-order valence-electron chi connectivity index (χ2n) is 3.44. The van der Waals surface area contributed by atoms with Gasteiger partial charge in [-0.1, -0.05) is 24.3 Å². The average Bonchev–Trinajstić information content (AvgIpc) is 2.71. The Morgan fingerprint density at radius 2 is 2.38 bits per heavy atom. The van der Waals surface area contributed by atoms with E-state index in [-0.39, 0.29) is 0 Å². The predicted octanol–water partition coefficient (Wildman–Crippen LogP) is 2.93. The normalized spacial score (nSPS) is 22.1. The van der Waals surface area contributed by atoms with Crippen LogP contribution >= 0.6 is 11.6 Å². The highest BCUT2D eigenvalue weighted by Crippen LogP contribution is 2.25. The van der Waals surface area contributed by atoms with Crippen molar-refractivity contribution < 1.29 is 4.74 Å². The van der Waals surface area contributed by atoms with Crippen molar-refractivity contribution in [3.8, 4) is 0 Å². The quantitative estimate of drug-likeness (QED) is 0.661. The van der Waals surface area contributed by atoms with Crippen LogP contribution in [0.2, 0.25) is 0 Å². The summed E-state index contributed by atoms with van der Waals surface area (Å²) < 4.78 is 5.35. The van der Waals surface area contributed by atoms with Crippen LogP contribution in [0.25, 0.3) is 0 Å². The minimum atomic E-state index is 0.586. The van der Waals surface area contributed by atoms with E-state index in [1.165, 1.54) is 11.1 Å². The summed E-state index contributed by atoms with van der Waals surface area (Å²) in [5.74, 6) is 1.18. The molecule has 2 rings (SSSR count). The lowest BCUT2D eigenvalue weighted by Crippen LogP contribution is -1.97. The molecule has 13 heavy (non-hydrogen) atoms. The molecule has 70 valence electrons. The number of rotatable bonds is 2. The molecule has 1 aliphatic heterocycles. The molecule has 2 heteroatoms. The van der Waals surface area contributed by atoms with Crippen LogP contribution < -0.4 is 0 Å². The van der Waals surface area contributed by atoms with E-state index in [0.29, 0.717) is 11.8 Å². The van der Waals surface area contributed by atoms with E-state index in [1.54, 1.807) is 0 Å². The van der Waals surface area contributed by atoms with Gasteiger partial charge in [0.05, 0.1) is 6.61 Å². The maximum atomic E-state index is 5.77. The third-order valence-corrected chi connectivity index (χ3v) is 2.82. The molecule has 0 bridgehead atoms. The Hall–Kier alpha value is -0.530. The van der Waals surface area contributed by atoms with Crippen LogP contribution in [0.1, 0.15) is 23.5 Å². The van der Waals surface area contributed by atoms with Gasteiger partial charge in [-0.2, -0.15) is 0 Å². The van der Waals surface area contributed by atoms with E-state index < -0.39 is 0 Å². The first kappa shape index (κ1) is 9.04. The van der Waals surface area contributed by atoms with Gasteiger partial charge in [0.2, 0.25) is 0 Å². The van der Waals surface area contributed by atoms with Gasteiger partial charge in [0.15, 0.2) is 0 Å². The summed E-state index contributed by atoms with van der Waals surface area (Å²) in [6.45, 7) is 1.77. The number of alkyl halides is 1. The molecule has 1 heterocycles. The van der Waals surface area contributed by atoms with E-state index in [0.717, 1.165) is 19.6 Å². The zero-order chi connectivity index (χ0) is 9.10. The zero-order valence-electron chi connectivity index (χ0n) is 7.50. The molecule has 1 aromatic rings. The zero-order valence-corrected chi connectivity index (χ0v) is 8.26. The fraction of sp³-hybridized carbons (Fsp3) is 0.455. The number of hydrogen-bond acceptors (Lipinski definition) is 1. The molecule has 0 spiro atoms. The number of halogens is 1. The lowest BCUT2D eigenvalue weighted by molar-refractivity contribution is 0.194. The lowest BCUT2D eigenvalue weighted by atomic mass is 9.97. The first-order valence-electron chi connectivity index (χ1n) is 4.62. The molecular weight excluding hydrogens is 184 g/mol. The number of ether oxygens (including phenoxy) is 1. The standard InChI is InChI=1S/C11H13ClO/c12-7-9-2-1-3-10(6-9)11-4-5-13-8-11/h1-3,6,11H,4-5,7-8H2. The van der Waals surface area contributed by atoms with E-state index >= 15 is 0 Å². The minimum absolute atomic E-state index is 0.586. The van der Waals surface area contributed by atoms with Crippen molar-refractivity contribution in [2.24, 2.45) is 0 Å².